The van der Waals surface area contributed by atoms with Crippen molar-refractivity contribution in [2.45, 2.75) is 58.3 Å². The van der Waals surface area contributed by atoms with Gasteiger partial charge in [0.25, 0.3) is 0 Å². The van der Waals surface area contributed by atoms with Gasteiger partial charge in [-0.2, -0.15) is 0 Å². The molecular formula is C24H32O5. The fourth-order valence-corrected chi connectivity index (χ4v) is 2.94. The summed E-state index contributed by atoms with van der Waals surface area (Å²) >= 11 is 0. The molecule has 0 spiro atoms. The lowest BCUT2D eigenvalue weighted by Gasteiger charge is -2.26. The highest BCUT2D eigenvalue weighted by Gasteiger charge is 2.32. The van der Waals surface area contributed by atoms with Gasteiger partial charge in [-0.25, -0.2) is 4.79 Å². The van der Waals surface area contributed by atoms with Crippen molar-refractivity contribution in [3.8, 4) is 5.75 Å². The Balaban J connectivity index is 2.00. The zero-order chi connectivity index (χ0) is 21.4. The molecule has 0 aliphatic carbocycles. The van der Waals surface area contributed by atoms with E-state index in [0.29, 0.717) is 6.61 Å². The van der Waals surface area contributed by atoms with Gasteiger partial charge >= 0.3 is 5.97 Å². The van der Waals surface area contributed by atoms with Crippen LogP contribution in [0.5, 0.6) is 5.75 Å². The normalized spacial score (nSPS) is 13.9. The van der Waals surface area contributed by atoms with Crippen molar-refractivity contribution in [2.24, 2.45) is 0 Å². The molecule has 2 atom stereocenters. The van der Waals surface area contributed by atoms with Gasteiger partial charge in [0.15, 0.2) is 6.10 Å². The van der Waals surface area contributed by atoms with E-state index in [1.54, 1.807) is 0 Å². The van der Waals surface area contributed by atoms with Gasteiger partial charge in [0.05, 0.1) is 12.7 Å². The maximum absolute atomic E-state index is 11.8. The molecule has 0 amide bonds. The molecule has 0 saturated carbocycles. The summed E-state index contributed by atoms with van der Waals surface area (Å²) in [7, 11) is 0. The first-order valence-corrected chi connectivity index (χ1v) is 9.96. The second kappa shape index (κ2) is 10.4. The lowest BCUT2D eigenvalue weighted by Crippen LogP contribution is -2.35. The van der Waals surface area contributed by atoms with Gasteiger partial charge in [-0.3, -0.25) is 0 Å². The molecule has 2 aromatic carbocycles. The average molecular weight is 401 g/mol. The summed E-state index contributed by atoms with van der Waals surface area (Å²) in [5, 5.41) is 9.64. The minimum atomic E-state index is -1.09. The molecule has 158 valence electrons. The zero-order valence-electron chi connectivity index (χ0n) is 17.9. The van der Waals surface area contributed by atoms with Crippen LogP contribution in [0.25, 0.3) is 0 Å². The Morgan fingerprint density at radius 1 is 0.966 bits per heavy atom. The first kappa shape index (κ1) is 22.9. The van der Waals surface area contributed by atoms with Crippen molar-refractivity contribution >= 4 is 5.97 Å². The summed E-state index contributed by atoms with van der Waals surface area (Å²) in [6.45, 7) is 10.7. The molecule has 0 fully saturated rings. The quantitative estimate of drug-likeness (QED) is 0.569. The predicted octanol–water partition coefficient (Wildman–Crippen LogP) is 5.00. The number of hydrogen-bond acceptors (Lipinski definition) is 4. The molecule has 0 aromatic heterocycles. The Morgan fingerprint density at radius 3 is 2.10 bits per heavy atom. The van der Waals surface area contributed by atoms with Gasteiger partial charge in [0.1, 0.15) is 18.5 Å². The van der Waals surface area contributed by atoms with Crippen molar-refractivity contribution < 1.29 is 24.1 Å². The fourth-order valence-electron chi connectivity index (χ4n) is 2.94. The molecule has 0 saturated heterocycles. The highest BCUT2D eigenvalue weighted by atomic mass is 16.6. The van der Waals surface area contributed by atoms with Crippen molar-refractivity contribution in [1.82, 2.24) is 0 Å². The molecule has 1 N–H and O–H groups in total. The third-order valence-corrected chi connectivity index (χ3v) is 4.44. The van der Waals surface area contributed by atoms with Crippen molar-refractivity contribution in [3.05, 3.63) is 65.7 Å². The average Bonchev–Trinajstić information content (AvgIpc) is 2.66. The number of carboxylic acid groups (broad SMARTS) is 1. The second-order valence-electron chi connectivity index (χ2n) is 8.27. The number of carbonyl (C=O) groups is 1. The third kappa shape index (κ3) is 7.18. The van der Waals surface area contributed by atoms with Crippen molar-refractivity contribution in [1.29, 1.82) is 0 Å². The summed E-state index contributed by atoms with van der Waals surface area (Å²) in [4.78, 5) is 11.8. The molecule has 0 bridgehead atoms. The Labute approximate surface area is 173 Å². The van der Waals surface area contributed by atoms with Gasteiger partial charge in [0.2, 0.25) is 0 Å². The van der Waals surface area contributed by atoms with E-state index in [-0.39, 0.29) is 18.1 Å². The number of hydrogen-bond donors (Lipinski definition) is 1. The van der Waals surface area contributed by atoms with E-state index < -0.39 is 18.2 Å². The molecule has 0 aliphatic heterocycles. The number of aliphatic carboxylic acids is 1. The van der Waals surface area contributed by atoms with Crippen LogP contribution < -0.4 is 4.74 Å². The monoisotopic (exact) mass is 400 g/mol. The minimum Gasteiger partial charge on any atom is -0.491 e. The molecule has 0 aliphatic rings. The summed E-state index contributed by atoms with van der Waals surface area (Å²) in [6, 6.07) is 17.3. The van der Waals surface area contributed by atoms with E-state index in [9.17, 15) is 9.90 Å². The lowest BCUT2D eigenvalue weighted by molar-refractivity contribution is -0.168. The SMILES string of the molecule is CC(C)OC(C(=O)O)C(OCCOc1ccc(C(C)(C)C)cc1)c1ccccc1. The summed E-state index contributed by atoms with van der Waals surface area (Å²) < 4.78 is 17.3. The van der Waals surface area contributed by atoms with Gasteiger partial charge in [-0.05, 0) is 42.5 Å². The van der Waals surface area contributed by atoms with Crippen LogP contribution in [-0.2, 0) is 19.7 Å². The fraction of sp³-hybridized carbons (Fsp3) is 0.458. The van der Waals surface area contributed by atoms with E-state index in [0.717, 1.165) is 11.3 Å². The van der Waals surface area contributed by atoms with E-state index in [1.807, 2.05) is 56.3 Å². The topological polar surface area (TPSA) is 65.0 Å². The molecule has 0 heterocycles. The highest BCUT2D eigenvalue weighted by molar-refractivity contribution is 5.73. The number of benzene rings is 2. The van der Waals surface area contributed by atoms with Crippen LogP contribution >= 0.6 is 0 Å². The van der Waals surface area contributed by atoms with E-state index in [4.69, 9.17) is 14.2 Å². The third-order valence-electron chi connectivity index (χ3n) is 4.44. The molecule has 0 radical (unpaired) electrons. The highest BCUT2D eigenvalue weighted by Crippen LogP contribution is 2.26. The minimum absolute atomic E-state index is 0.0901. The van der Waals surface area contributed by atoms with Crippen LogP contribution in [-0.4, -0.2) is 36.5 Å². The van der Waals surface area contributed by atoms with Crippen LogP contribution in [0.15, 0.2) is 54.6 Å². The van der Waals surface area contributed by atoms with Gasteiger partial charge in [0, 0.05) is 0 Å². The number of ether oxygens (including phenoxy) is 3. The summed E-state index contributed by atoms with van der Waals surface area (Å²) in [5.41, 5.74) is 2.09. The Bertz CT molecular complexity index is 747. The maximum atomic E-state index is 11.8. The van der Waals surface area contributed by atoms with Crippen LogP contribution in [0.2, 0.25) is 0 Å². The molecular weight excluding hydrogens is 368 g/mol. The number of carboxylic acids is 1. The number of rotatable bonds is 10. The van der Waals surface area contributed by atoms with Crippen molar-refractivity contribution in [2.75, 3.05) is 13.2 Å². The standard InChI is InChI=1S/C24H32O5/c1-17(2)29-22(23(25)26)21(18-9-7-6-8-10-18)28-16-15-27-20-13-11-19(12-14-20)24(3,4)5/h6-14,17,21-22H,15-16H2,1-5H3,(H,25,26). The maximum Gasteiger partial charge on any atom is 0.335 e. The van der Waals surface area contributed by atoms with Crippen LogP contribution in [0.4, 0.5) is 0 Å². The van der Waals surface area contributed by atoms with E-state index in [1.165, 1.54) is 5.56 Å². The van der Waals surface area contributed by atoms with Crippen molar-refractivity contribution in [3.63, 3.8) is 0 Å². The van der Waals surface area contributed by atoms with Gasteiger partial charge in [-0.1, -0.05) is 63.2 Å². The molecule has 5 heteroatoms. The zero-order valence-corrected chi connectivity index (χ0v) is 17.9. The Hall–Kier alpha value is -2.37. The molecule has 5 nitrogen and oxygen atoms in total. The molecule has 29 heavy (non-hydrogen) atoms. The van der Waals surface area contributed by atoms with Crippen LogP contribution in [0, 0.1) is 0 Å². The first-order chi connectivity index (χ1) is 13.7. The van der Waals surface area contributed by atoms with Gasteiger partial charge < -0.3 is 19.3 Å². The summed E-state index contributed by atoms with van der Waals surface area (Å²) in [5.74, 6) is -0.294. The van der Waals surface area contributed by atoms with E-state index >= 15 is 0 Å². The van der Waals surface area contributed by atoms with Crippen LogP contribution in [0.3, 0.4) is 0 Å². The Morgan fingerprint density at radius 2 is 1.59 bits per heavy atom. The first-order valence-electron chi connectivity index (χ1n) is 9.96. The van der Waals surface area contributed by atoms with Gasteiger partial charge in [-0.15, -0.1) is 0 Å². The largest absolute Gasteiger partial charge is 0.491 e. The Kier molecular flexibility index (Phi) is 8.23. The molecule has 2 rings (SSSR count). The lowest BCUT2D eigenvalue weighted by atomic mass is 9.87. The van der Waals surface area contributed by atoms with E-state index in [2.05, 4.69) is 32.9 Å². The molecule has 2 aromatic rings. The smallest absolute Gasteiger partial charge is 0.335 e. The summed E-state index contributed by atoms with van der Waals surface area (Å²) in [6.07, 6.45) is -2.05. The van der Waals surface area contributed by atoms with Crippen LogP contribution in [0.1, 0.15) is 51.8 Å². The predicted molar refractivity (Wildman–Crippen MR) is 113 cm³/mol. The second-order valence-corrected chi connectivity index (χ2v) is 8.27. The molecule has 2 unspecified atom stereocenters.